The maximum Gasteiger partial charge on any atom is 0.254 e. The Labute approximate surface area is 205 Å². The molecule has 168 valence electrons. The molecule has 0 spiro atoms. The SMILES string of the molecule is COc1ccc(-c2cc(C(=O)N3CCN(Cc4cccs4)CC3)c3cc(Br)ccc3n2)cc1. The van der Waals surface area contributed by atoms with Crippen molar-refractivity contribution in [2.24, 2.45) is 0 Å². The number of hydrogen-bond donors (Lipinski definition) is 0. The molecule has 5 nitrogen and oxygen atoms in total. The van der Waals surface area contributed by atoms with Crippen LogP contribution in [0, 0.1) is 0 Å². The number of thiophene rings is 1. The molecule has 5 rings (SSSR count). The maximum absolute atomic E-state index is 13.7. The van der Waals surface area contributed by atoms with Crippen LogP contribution in [-0.2, 0) is 6.54 Å². The van der Waals surface area contributed by atoms with Crippen molar-refractivity contribution in [1.82, 2.24) is 14.8 Å². The Bertz CT molecular complexity index is 1270. The normalized spacial score (nSPS) is 14.5. The van der Waals surface area contributed by atoms with Gasteiger partial charge in [0.25, 0.3) is 5.91 Å². The van der Waals surface area contributed by atoms with E-state index in [0.29, 0.717) is 5.56 Å². The van der Waals surface area contributed by atoms with Crippen LogP contribution in [-0.4, -0.2) is 54.0 Å². The summed E-state index contributed by atoms with van der Waals surface area (Å²) in [6.07, 6.45) is 0. The van der Waals surface area contributed by atoms with E-state index >= 15 is 0 Å². The lowest BCUT2D eigenvalue weighted by Gasteiger charge is -2.34. The molecule has 1 aliphatic rings. The number of carbonyl (C=O) groups excluding carboxylic acids is 1. The zero-order chi connectivity index (χ0) is 22.8. The Morgan fingerprint density at radius 3 is 2.55 bits per heavy atom. The van der Waals surface area contributed by atoms with Gasteiger partial charge in [-0.1, -0.05) is 22.0 Å². The molecule has 0 bridgehead atoms. The number of carbonyl (C=O) groups is 1. The van der Waals surface area contributed by atoms with Gasteiger partial charge in [0, 0.05) is 53.0 Å². The topological polar surface area (TPSA) is 45.7 Å². The molecular weight excluding hydrogens is 498 g/mol. The lowest BCUT2D eigenvalue weighted by Crippen LogP contribution is -2.48. The molecule has 0 aliphatic carbocycles. The summed E-state index contributed by atoms with van der Waals surface area (Å²) >= 11 is 5.34. The summed E-state index contributed by atoms with van der Waals surface area (Å²) in [7, 11) is 1.65. The summed E-state index contributed by atoms with van der Waals surface area (Å²) in [5.41, 5.74) is 3.24. The minimum Gasteiger partial charge on any atom is -0.497 e. The van der Waals surface area contributed by atoms with E-state index in [0.717, 1.165) is 65.1 Å². The van der Waals surface area contributed by atoms with Crippen molar-refractivity contribution in [3.05, 3.63) is 81.0 Å². The second-order valence-electron chi connectivity index (χ2n) is 8.09. The number of halogens is 1. The number of rotatable bonds is 5. The Morgan fingerprint density at radius 2 is 1.85 bits per heavy atom. The molecule has 0 unspecified atom stereocenters. The highest BCUT2D eigenvalue weighted by molar-refractivity contribution is 9.10. The summed E-state index contributed by atoms with van der Waals surface area (Å²) in [6.45, 7) is 4.15. The number of nitrogens with zero attached hydrogens (tertiary/aromatic N) is 3. The first-order valence-corrected chi connectivity index (χ1v) is 12.6. The number of methoxy groups -OCH3 is 1. The third kappa shape index (κ3) is 4.81. The van der Waals surface area contributed by atoms with Crippen LogP contribution >= 0.6 is 27.3 Å². The van der Waals surface area contributed by atoms with Gasteiger partial charge in [-0.3, -0.25) is 9.69 Å². The number of benzene rings is 2. The molecule has 33 heavy (non-hydrogen) atoms. The Hall–Kier alpha value is -2.74. The maximum atomic E-state index is 13.7. The Balaban J connectivity index is 1.43. The van der Waals surface area contributed by atoms with Crippen LogP contribution < -0.4 is 4.74 Å². The summed E-state index contributed by atoms with van der Waals surface area (Å²) in [5.74, 6) is 0.853. The van der Waals surface area contributed by atoms with E-state index in [-0.39, 0.29) is 5.91 Å². The van der Waals surface area contributed by atoms with Gasteiger partial charge in [0.15, 0.2) is 0 Å². The molecule has 1 amide bonds. The number of ether oxygens (including phenoxy) is 1. The first-order chi connectivity index (χ1) is 16.1. The summed E-state index contributed by atoms with van der Waals surface area (Å²) in [5, 5.41) is 2.98. The average molecular weight is 522 g/mol. The van der Waals surface area contributed by atoms with Crippen molar-refractivity contribution in [3.8, 4) is 17.0 Å². The number of hydrogen-bond acceptors (Lipinski definition) is 5. The highest BCUT2D eigenvalue weighted by Crippen LogP contribution is 2.29. The number of amides is 1. The van der Waals surface area contributed by atoms with Gasteiger partial charge in [-0.15, -0.1) is 11.3 Å². The van der Waals surface area contributed by atoms with Crippen LogP contribution in [0.1, 0.15) is 15.2 Å². The van der Waals surface area contributed by atoms with Gasteiger partial charge in [0.1, 0.15) is 5.75 Å². The van der Waals surface area contributed by atoms with Crippen LogP contribution in [0.2, 0.25) is 0 Å². The molecule has 0 N–H and O–H groups in total. The summed E-state index contributed by atoms with van der Waals surface area (Å²) < 4.78 is 6.22. The van der Waals surface area contributed by atoms with E-state index in [9.17, 15) is 4.79 Å². The van der Waals surface area contributed by atoms with E-state index in [1.54, 1.807) is 18.4 Å². The molecule has 0 radical (unpaired) electrons. The monoisotopic (exact) mass is 521 g/mol. The molecular formula is C26H24BrN3O2S. The fourth-order valence-corrected chi connectivity index (χ4v) is 5.29. The van der Waals surface area contributed by atoms with Gasteiger partial charge in [0.2, 0.25) is 0 Å². The van der Waals surface area contributed by atoms with Crippen molar-refractivity contribution in [2.75, 3.05) is 33.3 Å². The van der Waals surface area contributed by atoms with E-state index in [4.69, 9.17) is 9.72 Å². The zero-order valence-electron chi connectivity index (χ0n) is 18.3. The van der Waals surface area contributed by atoms with Crippen molar-refractivity contribution in [2.45, 2.75) is 6.54 Å². The minimum atomic E-state index is 0.0611. The highest BCUT2D eigenvalue weighted by atomic mass is 79.9. The van der Waals surface area contributed by atoms with Gasteiger partial charge >= 0.3 is 0 Å². The van der Waals surface area contributed by atoms with Crippen LogP contribution in [0.15, 0.2) is 70.5 Å². The largest absolute Gasteiger partial charge is 0.497 e. The number of pyridine rings is 1. The zero-order valence-corrected chi connectivity index (χ0v) is 20.7. The van der Waals surface area contributed by atoms with Gasteiger partial charge in [0.05, 0.1) is 23.9 Å². The molecule has 0 saturated carbocycles. The van der Waals surface area contributed by atoms with Crippen LogP contribution in [0.4, 0.5) is 0 Å². The molecule has 1 fully saturated rings. The Kier molecular flexibility index (Phi) is 6.44. The molecule has 2 aromatic heterocycles. The number of aromatic nitrogens is 1. The van der Waals surface area contributed by atoms with Crippen LogP contribution in [0.25, 0.3) is 22.2 Å². The van der Waals surface area contributed by atoms with Gasteiger partial charge in [-0.05, 0) is 60.0 Å². The predicted octanol–water partition coefficient (Wildman–Crippen LogP) is 5.69. The first-order valence-electron chi connectivity index (χ1n) is 10.9. The third-order valence-electron chi connectivity index (χ3n) is 6.01. The van der Waals surface area contributed by atoms with Gasteiger partial charge in [-0.2, -0.15) is 0 Å². The van der Waals surface area contributed by atoms with E-state index in [1.807, 2.05) is 53.4 Å². The van der Waals surface area contributed by atoms with Crippen LogP contribution in [0.5, 0.6) is 5.75 Å². The number of fused-ring (bicyclic) bond motifs is 1. The smallest absolute Gasteiger partial charge is 0.254 e. The molecule has 1 aliphatic heterocycles. The second kappa shape index (κ2) is 9.63. The van der Waals surface area contributed by atoms with Crippen molar-refractivity contribution in [3.63, 3.8) is 0 Å². The van der Waals surface area contributed by atoms with Crippen molar-refractivity contribution in [1.29, 1.82) is 0 Å². The molecule has 3 heterocycles. The lowest BCUT2D eigenvalue weighted by molar-refractivity contribution is 0.0631. The summed E-state index contributed by atoms with van der Waals surface area (Å²) in [6, 6.07) is 19.9. The van der Waals surface area contributed by atoms with Crippen molar-refractivity contribution >= 4 is 44.1 Å². The summed E-state index contributed by atoms with van der Waals surface area (Å²) in [4.78, 5) is 24.3. The number of piperazine rings is 1. The van der Waals surface area contributed by atoms with E-state index < -0.39 is 0 Å². The van der Waals surface area contributed by atoms with Crippen molar-refractivity contribution < 1.29 is 9.53 Å². The average Bonchev–Trinajstić information content (AvgIpc) is 3.36. The highest BCUT2D eigenvalue weighted by Gasteiger charge is 2.24. The van der Waals surface area contributed by atoms with Crippen LogP contribution in [0.3, 0.4) is 0 Å². The molecule has 1 saturated heterocycles. The van der Waals surface area contributed by atoms with E-state index in [2.05, 4.69) is 38.3 Å². The van der Waals surface area contributed by atoms with Gasteiger partial charge < -0.3 is 9.64 Å². The first kappa shape index (κ1) is 22.1. The minimum absolute atomic E-state index is 0.0611. The molecule has 7 heteroatoms. The molecule has 0 atom stereocenters. The van der Waals surface area contributed by atoms with E-state index in [1.165, 1.54) is 4.88 Å². The fraction of sp³-hybridized carbons (Fsp3) is 0.231. The third-order valence-corrected chi connectivity index (χ3v) is 7.36. The standard InChI is InChI=1S/C26H24BrN3O2S/c1-32-20-7-4-18(5-8-20)25-16-23(22-15-19(27)6-9-24(22)28-25)26(31)30-12-10-29(11-13-30)17-21-3-2-14-33-21/h2-9,14-16H,10-13,17H2,1H3. The molecule has 2 aromatic carbocycles. The fourth-order valence-electron chi connectivity index (χ4n) is 4.19. The van der Waals surface area contributed by atoms with Gasteiger partial charge in [-0.25, -0.2) is 4.98 Å². The Morgan fingerprint density at radius 1 is 1.06 bits per heavy atom. The predicted molar refractivity (Wildman–Crippen MR) is 137 cm³/mol. The molecule has 4 aromatic rings. The lowest BCUT2D eigenvalue weighted by atomic mass is 10.0. The second-order valence-corrected chi connectivity index (χ2v) is 10.0. The quantitative estimate of drug-likeness (QED) is 0.338.